The molecule has 1 aromatic carbocycles. The maximum absolute atomic E-state index is 12.3. The fourth-order valence-electron chi connectivity index (χ4n) is 2.90. The normalized spacial score (nSPS) is 24.3. The van der Waals surface area contributed by atoms with Gasteiger partial charge in [0.15, 0.2) is 0 Å². The van der Waals surface area contributed by atoms with Crippen molar-refractivity contribution in [3.8, 4) is 0 Å². The van der Waals surface area contributed by atoms with Gasteiger partial charge in [-0.05, 0) is 49.8 Å². The van der Waals surface area contributed by atoms with E-state index in [9.17, 15) is 14.4 Å². The molecule has 0 atom stereocenters. The minimum Gasteiger partial charge on any atom is -0.465 e. The Morgan fingerprint density at radius 1 is 1.09 bits per heavy atom. The van der Waals surface area contributed by atoms with Crippen molar-refractivity contribution in [2.45, 2.75) is 37.0 Å². The molecule has 0 unspecified atom stereocenters. The summed E-state index contributed by atoms with van der Waals surface area (Å²) in [6.45, 7) is 0. The average molecular weight is 320 g/mol. The number of amides is 3. The van der Waals surface area contributed by atoms with Crippen LogP contribution in [-0.4, -0.2) is 38.6 Å². The predicted octanol–water partition coefficient (Wildman–Crippen LogP) is 2.51. The standard InChI is InChI=1S/C15H16N2O4S/c18-13-11-3-1-2-4-12(11)14(19)17(13)22-10-7-5-9(6-8-10)16-15(20)21/h1-4,9-10,16H,5-8H2,(H,20,21). The summed E-state index contributed by atoms with van der Waals surface area (Å²) >= 11 is 1.28. The minimum absolute atomic E-state index is 0.0310. The van der Waals surface area contributed by atoms with Gasteiger partial charge in [0.05, 0.1) is 11.1 Å². The highest BCUT2D eigenvalue weighted by atomic mass is 32.2. The Morgan fingerprint density at radius 3 is 2.14 bits per heavy atom. The summed E-state index contributed by atoms with van der Waals surface area (Å²) in [7, 11) is 0. The molecule has 1 fully saturated rings. The van der Waals surface area contributed by atoms with Crippen LogP contribution in [0.15, 0.2) is 24.3 Å². The Kier molecular flexibility index (Phi) is 4.06. The molecule has 2 N–H and O–H groups in total. The number of fused-ring (bicyclic) bond motifs is 1. The van der Waals surface area contributed by atoms with Crippen LogP contribution >= 0.6 is 11.9 Å². The van der Waals surface area contributed by atoms with Gasteiger partial charge in [0.2, 0.25) is 0 Å². The summed E-state index contributed by atoms with van der Waals surface area (Å²) in [6.07, 6.45) is 2.02. The Balaban J connectivity index is 1.61. The van der Waals surface area contributed by atoms with Crippen molar-refractivity contribution in [2.24, 2.45) is 0 Å². The molecule has 22 heavy (non-hydrogen) atoms. The number of hydrogen-bond acceptors (Lipinski definition) is 4. The zero-order chi connectivity index (χ0) is 15.7. The Bertz CT molecular complexity index is 591. The third-order valence-electron chi connectivity index (χ3n) is 4.01. The van der Waals surface area contributed by atoms with Gasteiger partial charge in [0.1, 0.15) is 0 Å². The Labute approximate surface area is 132 Å². The number of hydrogen-bond donors (Lipinski definition) is 2. The van der Waals surface area contributed by atoms with Crippen LogP contribution in [0.2, 0.25) is 0 Å². The lowest BCUT2D eigenvalue weighted by atomic mass is 9.95. The highest BCUT2D eigenvalue weighted by molar-refractivity contribution is 7.98. The van der Waals surface area contributed by atoms with Crippen LogP contribution in [0.5, 0.6) is 0 Å². The van der Waals surface area contributed by atoms with Gasteiger partial charge >= 0.3 is 6.09 Å². The number of carbonyl (C=O) groups is 3. The van der Waals surface area contributed by atoms with E-state index in [1.165, 1.54) is 16.3 Å². The van der Waals surface area contributed by atoms with Gasteiger partial charge in [-0.25, -0.2) is 9.10 Å². The van der Waals surface area contributed by atoms with Crippen LogP contribution in [0, 0.1) is 0 Å². The third kappa shape index (κ3) is 2.81. The van der Waals surface area contributed by atoms with Crippen molar-refractivity contribution in [3.63, 3.8) is 0 Å². The second-order valence-electron chi connectivity index (χ2n) is 5.48. The van der Waals surface area contributed by atoms with Gasteiger partial charge in [0.25, 0.3) is 11.8 Å². The molecule has 116 valence electrons. The number of rotatable bonds is 3. The number of benzene rings is 1. The monoisotopic (exact) mass is 320 g/mol. The molecular formula is C15H16N2O4S. The van der Waals surface area contributed by atoms with Gasteiger partial charge < -0.3 is 10.4 Å². The summed E-state index contributed by atoms with van der Waals surface area (Å²) in [5.41, 5.74) is 0.919. The molecule has 0 radical (unpaired) electrons. The quantitative estimate of drug-likeness (QED) is 0.660. The topological polar surface area (TPSA) is 86.7 Å². The van der Waals surface area contributed by atoms with Crippen LogP contribution in [0.4, 0.5) is 4.79 Å². The molecule has 2 aliphatic rings. The maximum Gasteiger partial charge on any atom is 0.404 e. The molecule has 1 aromatic rings. The lowest BCUT2D eigenvalue weighted by Crippen LogP contribution is -2.38. The van der Waals surface area contributed by atoms with E-state index in [1.54, 1.807) is 24.3 Å². The first-order chi connectivity index (χ1) is 10.6. The number of carbonyl (C=O) groups excluding carboxylic acids is 2. The highest BCUT2D eigenvalue weighted by Gasteiger charge is 2.38. The van der Waals surface area contributed by atoms with E-state index in [1.807, 2.05) is 0 Å². The van der Waals surface area contributed by atoms with E-state index in [-0.39, 0.29) is 23.1 Å². The first kappa shape index (κ1) is 14.9. The summed E-state index contributed by atoms with van der Waals surface area (Å²) < 4.78 is 1.25. The molecule has 3 amide bonds. The zero-order valence-electron chi connectivity index (χ0n) is 11.8. The minimum atomic E-state index is -1.00. The molecular weight excluding hydrogens is 304 g/mol. The number of nitrogens with zero attached hydrogens (tertiary/aromatic N) is 1. The molecule has 1 aliphatic heterocycles. The van der Waals surface area contributed by atoms with E-state index in [0.29, 0.717) is 11.1 Å². The molecule has 1 heterocycles. The van der Waals surface area contributed by atoms with E-state index in [0.717, 1.165) is 25.7 Å². The second-order valence-corrected chi connectivity index (χ2v) is 6.72. The fraction of sp³-hybridized carbons (Fsp3) is 0.400. The van der Waals surface area contributed by atoms with Crippen molar-refractivity contribution in [3.05, 3.63) is 35.4 Å². The van der Waals surface area contributed by atoms with Gasteiger partial charge in [-0.1, -0.05) is 12.1 Å². The lowest BCUT2D eigenvalue weighted by Gasteiger charge is -2.29. The van der Waals surface area contributed by atoms with Crippen LogP contribution in [0.1, 0.15) is 46.4 Å². The second kappa shape index (κ2) is 6.00. The zero-order valence-corrected chi connectivity index (χ0v) is 12.6. The van der Waals surface area contributed by atoms with Gasteiger partial charge in [0, 0.05) is 11.3 Å². The van der Waals surface area contributed by atoms with Crippen molar-refractivity contribution in [1.29, 1.82) is 0 Å². The number of carboxylic acid groups (broad SMARTS) is 1. The Morgan fingerprint density at radius 2 is 1.64 bits per heavy atom. The fourth-order valence-corrected chi connectivity index (χ4v) is 4.07. The largest absolute Gasteiger partial charge is 0.465 e. The average Bonchev–Trinajstić information content (AvgIpc) is 2.74. The third-order valence-corrected chi connectivity index (χ3v) is 5.33. The van der Waals surface area contributed by atoms with Crippen LogP contribution in [-0.2, 0) is 0 Å². The van der Waals surface area contributed by atoms with Crippen LogP contribution in [0.25, 0.3) is 0 Å². The first-order valence-electron chi connectivity index (χ1n) is 7.20. The summed E-state index contributed by atoms with van der Waals surface area (Å²) in [5.74, 6) is -0.507. The molecule has 1 saturated carbocycles. The highest BCUT2D eigenvalue weighted by Crippen LogP contribution is 2.36. The molecule has 0 bridgehead atoms. The lowest BCUT2D eigenvalue weighted by molar-refractivity contribution is 0.0776. The van der Waals surface area contributed by atoms with E-state index in [2.05, 4.69) is 5.32 Å². The van der Waals surface area contributed by atoms with Crippen LogP contribution in [0.3, 0.4) is 0 Å². The molecule has 1 aliphatic carbocycles. The molecule has 0 saturated heterocycles. The molecule has 0 aromatic heterocycles. The summed E-state index contributed by atoms with van der Waals surface area (Å²) in [4.78, 5) is 35.2. The number of imide groups is 1. The predicted molar refractivity (Wildman–Crippen MR) is 81.7 cm³/mol. The van der Waals surface area contributed by atoms with E-state index < -0.39 is 6.09 Å². The number of nitrogens with one attached hydrogen (secondary N) is 1. The smallest absolute Gasteiger partial charge is 0.404 e. The summed E-state index contributed by atoms with van der Waals surface area (Å²) in [5, 5.41) is 11.4. The van der Waals surface area contributed by atoms with Crippen molar-refractivity contribution in [2.75, 3.05) is 0 Å². The molecule has 3 rings (SSSR count). The first-order valence-corrected chi connectivity index (χ1v) is 8.04. The Hall–Kier alpha value is -2.02. The molecule has 6 nitrogen and oxygen atoms in total. The molecule has 7 heteroatoms. The molecule has 0 spiro atoms. The van der Waals surface area contributed by atoms with Gasteiger partial charge in [-0.3, -0.25) is 9.59 Å². The summed E-state index contributed by atoms with van der Waals surface area (Å²) in [6, 6.07) is 6.81. The van der Waals surface area contributed by atoms with E-state index >= 15 is 0 Å². The van der Waals surface area contributed by atoms with Crippen molar-refractivity contribution in [1.82, 2.24) is 9.62 Å². The maximum atomic E-state index is 12.3. The van der Waals surface area contributed by atoms with Crippen molar-refractivity contribution < 1.29 is 19.5 Å². The van der Waals surface area contributed by atoms with E-state index in [4.69, 9.17) is 5.11 Å². The van der Waals surface area contributed by atoms with Crippen molar-refractivity contribution >= 4 is 29.9 Å². The SMILES string of the molecule is O=C(O)NC1CCC(SN2C(=O)c3ccccc3C2=O)CC1. The van der Waals surface area contributed by atoms with Gasteiger partial charge in [-0.2, -0.15) is 0 Å². The van der Waals surface area contributed by atoms with Crippen LogP contribution < -0.4 is 5.32 Å². The van der Waals surface area contributed by atoms with Gasteiger partial charge in [-0.15, -0.1) is 0 Å².